The Hall–Kier alpha value is -2.41. The van der Waals surface area contributed by atoms with Crippen molar-refractivity contribution in [2.24, 2.45) is 0 Å². The third kappa shape index (κ3) is 4.40. The zero-order valence-corrected chi connectivity index (χ0v) is 15.6. The molecule has 26 heavy (non-hydrogen) atoms. The standard InChI is InChI=1S/C19H18BrFN2O3/c20-15-6-7-17(16(21)12-15)26-13-18(24)22-8-10-23(11-9-22)19(25)14-4-2-1-3-5-14/h1-7,12H,8-11,13H2. The van der Waals surface area contributed by atoms with Crippen LogP contribution in [0.15, 0.2) is 53.0 Å². The number of rotatable bonds is 4. The molecule has 1 aliphatic heterocycles. The van der Waals surface area contributed by atoms with E-state index in [0.717, 1.165) is 0 Å². The van der Waals surface area contributed by atoms with Crippen LogP contribution < -0.4 is 4.74 Å². The second-order valence-corrected chi connectivity index (χ2v) is 6.82. The largest absolute Gasteiger partial charge is 0.481 e. The lowest BCUT2D eigenvalue weighted by molar-refractivity contribution is -0.134. The molecule has 0 atom stereocenters. The molecule has 0 aromatic heterocycles. The Kier molecular flexibility index (Phi) is 5.88. The Labute approximate surface area is 159 Å². The van der Waals surface area contributed by atoms with Gasteiger partial charge in [-0.1, -0.05) is 34.1 Å². The van der Waals surface area contributed by atoms with E-state index in [0.29, 0.717) is 36.2 Å². The van der Waals surface area contributed by atoms with Crippen LogP contribution >= 0.6 is 15.9 Å². The van der Waals surface area contributed by atoms with Crippen LogP contribution in [0.25, 0.3) is 0 Å². The molecule has 136 valence electrons. The first-order valence-corrected chi connectivity index (χ1v) is 9.04. The van der Waals surface area contributed by atoms with Crippen molar-refractivity contribution in [3.05, 3.63) is 64.4 Å². The second-order valence-electron chi connectivity index (χ2n) is 5.90. The van der Waals surface area contributed by atoms with Gasteiger partial charge in [-0.3, -0.25) is 9.59 Å². The van der Waals surface area contributed by atoms with Crippen molar-refractivity contribution in [3.63, 3.8) is 0 Å². The minimum atomic E-state index is -0.523. The van der Waals surface area contributed by atoms with Gasteiger partial charge in [0.1, 0.15) is 0 Å². The SMILES string of the molecule is O=C(COc1ccc(Br)cc1F)N1CCN(C(=O)c2ccccc2)CC1. The maximum absolute atomic E-state index is 13.7. The molecule has 2 aromatic carbocycles. The number of hydrogen-bond donors (Lipinski definition) is 0. The molecule has 1 aliphatic rings. The molecule has 0 aliphatic carbocycles. The maximum Gasteiger partial charge on any atom is 0.260 e. The summed E-state index contributed by atoms with van der Waals surface area (Å²) in [5.74, 6) is -0.741. The number of amides is 2. The van der Waals surface area contributed by atoms with E-state index in [-0.39, 0.29) is 24.2 Å². The maximum atomic E-state index is 13.7. The molecule has 1 heterocycles. The quantitative estimate of drug-likeness (QED) is 0.763. The van der Waals surface area contributed by atoms with Crippen molar-refractivity contribution in [2.75, 3.05) is 32.8 Å². The molecular weight excluding hydrogens is 403 g/mol. The van der Waals surface area contributed by atoms with Gasteiger partial charge in [-0.15, -0.1) is 0 Å². The van der Waals surface area contributed by atoms with E-state index in [4.69, 9.17) is 4.74 Å². The van der Waals surface area contributed by atoms with E-state index >= 15 is 0 Å². The highest BCUT2D eigenvalue weighted by Gasteiger charge is 2.25. The highest BCUT2D eigenvalue weighted by molar-refractivity contribution is 9.10. The summed E-state index contributed by atoms with van der Waals surface area (Å²) in [7, 11) is 0. The Morgan fingerprint density at radius 1 is 1.00 bits per heavy atom. The Balaban J connectivity index is 1.50. The minimum absolute atomic E-state index is 0.0362. The number of piperazine rings is 1. The molecule has 0 N–H and O–H groups in total. The molecular formula is C19H18BrFN2O3. The summed E-state index contributed by atoms with van der Waals surface area (Å²) in [6.45, 7) is 1.57. The van der Waals surface area contributed by atoms with E-state index in [2.05, 4.69) is 15.9 Å². The summed E-state index contributed by atoms with van der Waals surface area (Å²) in [6.07, 6.45) is 0. The van der Waals surface area contributed by atoms with Gasteiger partial charge in [-0.2, -0.15) is 0 Å². The van der Waals surface area contributed by atoms with E-state index in [1.807, 2.05) is 18.2 Å². The van der Waals surface area contributed by atoms with Crippen molar-refractivity contribution in [1.29, 1.82) is 0 Å². The number of halogens is 2. The van der Waals surface area contributed by atoms with Crippen LogP contribution in [-0.2, 0) is 4.79 Å². The number of ether oxygens (including phenoxy) is 1. The predicted octanol–water partition coefficient (Wildman–Crippen LogP) is 2.95. The summed E-state index contributed by atoms with van der Waals surface area (Å²) in [5.41, 5.74) is 0.640. The fraction of sp³-hybridized carbons (Fsp3) is 0.263. The molecule has 1 saturated heterocycles. The number of benzene rings is 2. The first-order valence-electron chi connectivity index (χ1n) is 8.24. The molecule has 0 spiro atoms. The van der Waals surface area contributed by atoms with Crippen molar-refractivity contribution in [3.8, 4) is 5.75 Å². The van der Waals surface area contributed by atoms with Crippen LogP contribution in [0, 0.1) is 5.82 Å². The molecule has 2 aromatic rings. The van der Waals surface area contributed by atoms with Crippen molar-refractivity contribution >= 4 is 27.7 Å². The van der Waals surface area contributed by atoms with E-state index in [9.17, 15) is 14.0 Å². The second kappa shape index (κ2) is 8.31. The topological polar surface area (TPSA) is 49.9 Å². The summed E-state index contributed by atoms with van der Waals surface area (Å²) >= 11 is 3.17. The van der Waals surface area contributed by atoms with E-state index < -0.39 is 5.82 Å². The van der Waals surface area contributed by atoms with Gasteiger partial charge in [0.25, 0.3) is 11.8 Å². The first kappa shape index (κ1) is 18.4. The molecule has 2 amide bonds. The summed E-state index contributed by atoms with van der Waals surface area (Å²) in [6, 6.07) is 13.5. The number of nitrogens with zero attached hydrogens (tertiary/aromatic N) is 2. The average molecular weight is 421 g/mol. The van der Waals surface area contributed by atoms with E-state index in [1.165, 1.54) is 12.1 Å². The van der Waals surface area contributed by atoms with Crippen LogP contribution in [0.3, 0.4) is 0 Å². The third-order valence-electron chi connectivity index (χ3n) is 4.19. The lowest BCUT2D eigenvalue weighted by atomic mass is 10.2. The predicted molar refractivity (Wildman–Crippen MR) is 98.5 cm³/mol. The summed E-state index contributed by atoms with van der Waals surface area (Å²) in [4.78, 5) is 28.0. The number of carbonyl (C=O) groups excluding carboxylic acids is 2. The Morgan fingerprint density at radius 2 is 1.65 bits per heavy atom. The smallest absolute Gasteiger partial charge is 0.260 e. The summed E-state index contributed by atoms with van der Waals surface area (Å²) < 4.78 is 19.6. The fourth-order valence-corrected chi connectivity index (χ4v) is 3.08. The Bertz CT molecular complexity index is 793. The van der Waals surface area contributed by atoms with Gasteiger partial charge in [0, 0.05) is 36.2 Å². The van der Waals surface area contributed by atoms with Crippen molar-refractivity contribution in [2.45, 2.75) is 0 Å². The monoisotopic (exact) mass is 420 g/mol. The number of carbonyl (C=O) groups is 2. The molecule has 3 rings (SSSR count). The molecule has 0 bridgehead atoms. The van der Waals surface area contributed by atoms with Crippen LogP contribution in [-0.4, -0.2) is 54.4 Å². The van der Waals surface area contributed by atoms with Crippen molar-refractivity contribution in [1.82, 2.24) is 9.80 Å². The lowest BCUT2D eigenvalue weighted by Gasteiger charge is -2.34. The van der Waals surface area contributed by atoms with Gasteiger partial charge < -0.3 is 14.5 Å². The van der Waals surface area contributed by atoms with Crippen LogP contribution in [0.2, 0.25) is 0 Å². The molecule has 1 fully saturated rings. The highest BCUT2D eigenvalue weighted by Crippen LogP contribution is 2.21. The van der Waals surface area contributed by atoms with Gasteiger partial charge in [0.15, 0.2) is 18.2 Å². The Morgan fingerprint density at radius 3 is 2.31 bits per heavy atom. The molecule has 7 heteroatoms. The highest BCUT2D eigenvalue weighted by atomic mass is 79.9. The molecule has 5 nitrogen and oxygen atoms in total. The molecule has 0 unspecified atom stereocenters. The first-order chi connectivity index (χ1) is 12.5. The van der Waals surface area contributed by atoms with Crippen LogP contribution in [0.5, 0.6) is 5.75 Å². The van der Waals surface area contributed by atoms with Gasteiger partial charge in [-0.25, -0.2) is 4.39 Å². The zero-order valence-electron chi connectivity index (χ0n) is 14.0. The lowest BCUT2D eigenvalue weighted by Crippen LogP contribution is -2.51. The molecule has 0 saturated carbocycles. The summed E-state index contributed by atoms with van der Waals surface area (Å²) in [5, 5.41) is 0. The third-order valence-corrected chi connectivity index (χ3v) is 4.68. The minimum Gasteiger partial charge on any atom is -0.481 e. The normalized spacial score (nSPS) is 14.2. The van der Waals surface area contributed by atoms with Gasteiger partial charge in [0.2, 0.25) is 0 Å². The van der Waals surface area contributed by atoms with Gasteiger partial charge in [-0.05, 0) is 30.3 Å². The van der Waals surface area contributed by atoms with Crippen molar-refractivity contribution < 1.29 is 18.7 Å². The average Bonchev–Trinajstić information content (AvgIpc) is 2.67. The van der Waals surface area contributed by atoms with Gasteiger partial charge >= 0.3 is 0 Å². The van der Waals surface area contributed by atoms with Crippen LogP contribution in [0.1, 0.15) is 10.4 Å². The zero-order chi connectivity index (χ0) is 18.5. The molecule has 0 radical (unpaired) electrons. The fourth-order valence-electron chi connectivity index (χ4n) is 2.75. The van der Waals surface area contributed by atoms with Gasteiger partial charge in [0.05, 0.1) is 0 Å². The van der Waals surface area contributed by atoms with E-state index in [1.54, 1.807) is 28.0 Å². The van der Waals surface area contributed by atoms with Crippen LogP contribution in [0.4, 0.5) is 4.39 Å². The number of hydrogen-bond acceptors (Lipinski definition) is 3.